The van der Waals surface area contributed by atoms with Crippen molar-refractivity contribution in [3.8, 4) is 11.5 Å². The normalized spacial score (nSPS) is 15.9. The molecule has 1 aliphatic heterocycles. The van der Waals surface area contributed by atoms with Crippen LogP contribution in [0.3, 0.4) is 0 Å². The monoisotopic (exact) mass is 380 g/mol. The Morgan fingerprint density at radius 2 is 2.16 bits per heavy atom. The molecule has 2 rings (SSSR count). The van der Waals surface area contributed by atoms with Gasteiger partial charge < -0.3 is 19.7 Å². The van der Waals surface area contributed by atoms with Crippen LogP contribution >= 0.6 is 24.0 Å². The Balaban J connectivity index is 2.01. The van der Waals surface area contributed by atoms with E-state index in [4.69, 9.17) is 17.0 Å². The van der Waals surface area contributed by atoms with E-state index in [9.17, 15) is 19.8 Å². The van der Waals surface area contributed by atoms with Gasteiger partial charge >= 0.3 is 0 Å². The van der Waals surface area contributed by atoms with Gasteiger partial charge in [0.2, 0.25) is 0 Å². The van der Waals surface area contributed by atoms with Gasteiger partial charge in [0, 0.05) is 18.1 Å². The number of hydrogen-bond acceptors (Lipinski definition) is 7. The van der Waals surface area contributed by atoms with Gasteiger partial charge in [-0.3, -0.25) is 9.69 Å². The molecule has 1 heterocycles. The maximum Gasteiger partial charge on any atom is 0.266 e. The fourth-order valence-electron chi connectivity index (χ4n) is 2.33. The van der Waals surface area contributed by atoms with E-state index in [0.29, 0.717) is 46.3 Å². The summed E-state index contributed by atoms with van der Waals surface area (Å²) in [4.78, 5) is 24.8. The van der Waals surface area contributed by atoms with Crippen molar-refractivity contribution < 1.29 is 24.5 Å². The highest BCUT2D eigenvalue weighted by Crippen LogP contribution is 2.35. The average Bonchev–Trinajstić information content (AvgIpc) is 2.83. The Hall–Kier alpha value is -2.06. The molecule has 1 amide bonds. The maximum atomic E-state index is 12.5. The number of methoxy groups -OCH3 is 1. The summed E-state index contributed by atoms with van der Waals surface area (Å²) in [5.41, 5.74) is 0.480. The third-order valence-corrected chi connectivity index (χ3v) is 5.04. The van der Waals surface area contributed by atoms with Gasteiger partial charge in [-0.05, 0) is 43.5 Å². The van der Waals surface area contributed by atoms with Crippen LogP contribution in [-0.4, -0.2) is 39.9 Å². The van der Waals surface area contributed by atoms with Crippen LogP contribution in [0.25, 0.3) is 6.08 Å². The second-order valence-corrected chi connectivity index (χ2v) is 7.12. The fraction of sp³-hybridized carbons (Fsp3) is 0.353. The van der Waals surface area contributed by atoms with Gasteiger partial charge in [-0.2, -0.15) is 0 Å². The van der Waals surface area contributed by atoms with Gasteiger partial charge in [0.15, 0.2) is 0 Å². The van der Waals surface area contributed by atoms with Crippen molar-refractivity contribution >= 4 is 46.3 Å². The molecule has 0 aliphatic carbocycles. The van der Waals surface area contributed by atoms with Crippen molar-refractivity contribution in [2.75, 3.05) is 13.7 Å². The molecule has 0 bridgehead atoms. The predicted molar refractivity (Wildman–Crippen MR) is 98.0 cm³/mol. The molecule has 6 nitrogen and oxygen atoms in total. The zero-order valence-electron chi connectivity index (χ0n) is 13.7. The van der Waals surface area contributed by atoms with Crippen molar-refractivity contribution in [1.82, 2.24) is 4.90 Å². The molecule has 25 heavy (non-hydrogen) atoms. The average molecular weight is 380 g/mol. The minimum absolute atomic E-state index is 0.0212. The van der Waals surface area contributed by atoms with Crippen LogP contribution < -0.4 is 9.84 Å². The number of phenols is 1. The van der Waals surface area contributed by atoms with E-state index < -0.39 is 5.97 Å². The van der Waals surface area contributed by atoms with Crippen LogP contribution in [0.4, 0.5) is 0 Å². The standard InChI is InChI=1S/C17H19NO5S2/c1-23-12-6-7-13(19)11(9-12)10-14-16(22)18(17(24)25-14)8-4-2-3-5-15(20)21/h6-7,9-10,19H,2-5,8H2,1H3,(H,20,21)/p-1/b14-10-. The molecule has 0 aromatic heterocycles. The smallest absolute Gasteiger partial charge is 0.266 e. The highest BCUT2D eigenvalue weighted by molar-refractivity contribution is 8.26. The number of amides is 1. The lowest BCUT2D eigenvalue weighted by Gasteiger charge is -2.14. The first kappa shape index (κ1) is 19.3. The number of unbranched alkanes of at least 4 members (excludes halogenated alkanes) is 2. The number of ether oxygens (including phenoxy) is 1. The van der Waals surface area contributed by atoms with Crippen molar-refractivity contribution in [2.45, 2.75) is 25.7 Å². The fourth-order valence-corrected chi connectivity index (χ4v) is 3.62. The van der Waals surface area contributed by atoms with E-state index in [0.717, 1.165) is 0 Å². The molecular weight excluding hydrogens is 362 g/mol. The van der Waals surface area contributed by atoms with Crippen LogP contribution in [-0.2, 0) is 9.59 Å². The molecule has 0 unspecified atom stereocenters. The number of carboxylic acids is 1. The Morgan fingerprint density at radius 3 is 2.84 bits per heavy atom. The first-order valence-electron chi connectivity index (χ1n) is 7.74. The summed E-state index contributed by atoms with van der Waals surface area (Å²) >= 11 is 6.43. The molecule has 1 N–H and O–H groups in total. The highest BCUT2D eigenvalue weighted by atomic mass is 32.2. The van der Waals surface area contributed by atoms with E-state index in [2.05, 4.69) is 0 Å². The summed E-state index contributed by atoms with van der Waals surface area (Å²) in [6.07, 6.45) is 3.48. The van der Waals surface area contributed by atoms with E-state index in [1.165, 1.54) is 29.8 Å². The molecule has 0 spiro atoms. The second kappa shape index (κ2) is 8.87. The summed E-state index contributed by atoms with van der Waals surface area (Å²) in [7, 11) is 1.52. The predicted octanol–water partition coefficient (Wildman–Crippen LogP) is 1.91. The number of aliphatic carboxylic acids is 1. The summed E-state index contributed by atoms with van der Waals surface area (Å²) in [6.45, 7) is 0.444. The summed E-state index contributed by atoms with van der Waals surface area (Å²) in [6, 6.07) is 4.77. The number of rotatable bonds is 8. The van der Waals surface area contributed by atoms with Gasteiger partial charge in [-0.15, -0.1) is 0 Å². The van der Waals surface area contributed by atoms with Crippen molar-refractivity contribution in [3.63, 3.8) is 0 Å². The van der Waals surface area contributed by atoms with Gasteiger partial charge in [0.25, 0.3) is 5.91 Å². The lowest BCUT2D eigenvalue weighted by molar-refractivity contribution is -0.305. The molecule has 134 valence electrons. The number of nitrogens with zero attached hydrogens (tertiary/aromatic N) is 1. The molecule has 1 aromatic rings. The van der Waals surface area contributed by atoms with E-state index in [-0.39, 0.29) is 18.1 Å². The summed E-state index contributed by atoms with van der Waals surface area (Å²) < 4.78 is 5.58. The quantitative estimate of drug-likeness (QED) is 0.418. The zero-order chi connectivity index (χ0) is 18.4. The third kappa shape index (κ3) is 5.20. The molecule has 1 aromatic carbocycles. The summed E-state index contributed by atoms with van der Waals surface area (Å²) in [5.74, 6) is -0.649. The number of carbonyl (C=O) groups excluding carboxylic acids is 2. The van der Waals surface area contributed by atoms with E-state index in [1.54, 1.807) is 18.2 Å². The first-order valence-corrected chi connectivity index (χ1v) is 8.97. The number of phenolic OH excluding ortho intramolecular Hbond substituents is 1. The number of carbonyl (C=O) groups is 2. The molecule has 0 atom stereocenters. The van der Waals surface area contributed by atoms with Crippen LogP contribution in [0.2, 0.25) is 0 Å². The van der Waals surface area contributed by atoms with Crippen molar-refractivity contribution in [3.05, 3.63) is 28.7 Å². The maximum absolute atomic E-state index is 12.5. The number of benzene rings is 1. The Morgan fingerprint density at radius 1 is 1.40 bits per heavy atom. The first-order chi connectivity index (χ1) is 11.9. The minimum atomic E-state index is -1.06. The van der Waals surface area contributed by atoms with Gasteiger partial charge in [0.05, 0.1) is 12.0 Å². The molecule has 1 aliphatic rings. The molecule has 1 fully saturated rings. The lowest BCUT2D eigenvalue weighted by atomic mass is 10.1. The van der Waals surface area contributed by atoms with Crippen molar-refractivity contribution in [1.29, 1.82) is 0 Å². The lowest BCUT2D eigenvalue weighted by Crippen LogP contribution is -2.29. The highest BCUT2D eigenvalue weighted by Gasteiger charge is 2.31. The number of hydrogen-bond donors (Lipinski definition) is 1. The minimum Gasteiger partial charge on any atom is -0.550 e. The molecule has 8 heteroatoms. The molecule has 1 saturated heterocycles. The van der Waals surface area contributed by atoms with Gasteiger partial charge in [-0.1, -0.05) is 30.4 Å². The molecule has 0 saturated carbocycles. The number of thiocarbonyl (C=S) groups is 1. The number of carboxylic acid groups (broad SMARTS) is 1. The van der Waals surface area contributed by atoms with Crippen LogP contribution in [0, 0.1) is 0 Å². The van der Waals surface area contributed by atoms with Crippen LogP contribution in [0.15, 0.2) is 23.1 Å². The molecular formula is C17H18NO5S2-. The largest absolute Gasteiger partial charge is 0.550 e. The second-order valence-electron chi connectivity index (χ2n) is 5.44. The van der Waals surface area contributed by atoms with Crippen molar-refractivity contribution in [2.24, 2.45) is 0 Å². The van der Waals surface area contributed by atoms with Crippen LogP contribution in [0.5, 0.6) is 11.5 Å². The Kier molecular flexibility index (Phi) is 6.83. The van der Waals surface area contributed by atoms with Gasteiger partial charge in [0.1, 0.15) is 15.8 Å². The topological polar surface area (TPSA) is 89.9 Å². The van der Waals surface area contributed by atoms with E-state index in [1.807, 2.05) is 0 Å². The summed E-state index contributed by atoms with van der Waals surface area (Å²) in [5, 5.41) is 20.3. The third-order valence-electron chi connectivity index (χ3n) is 3.66. The Bertz CT molecular complexity index is 717. The number of thioether (sulfide) groups is 1. The Labute approximate surface area is 155 Å². The van der Waals surface area contributed by atoms with Gasteiger partial charge in [-0.25, -0.2) is 0 Å². The zero-order valence-corrected chi connectivity index (χ0v) is 15.3. The SMILES string of the molecule is COc1ccc(O)c(/C=C2\SC(=S)N(CCCCCC(=O)[O-])C2=O)c1. The van der Waals surface area contributed by atoms with Crippen LogP contribution in [0.1, 0.15) is 31.2 Å². The number of aromatic hydroxyl groups is 1. The van der Waals surface area contributed by atoms with E-state index >= 15 is 0 Å². The molecule has 0 radical (unpaired) electrons.